The highest BCUT2D eigenvalue weighted by Gasteiger charge is 2.09. The van der Waals surface area contributed by atoms with Gasteiger partial charge in [-0.15, -0.1) is 0 Å². The zero-order valence-electron chi connectivity index (χ0n) is 12.2. The van der Waals surface area contributed by atoms with Gasteiger partial charge in [0.05, 0.1) is 14.2 Å². The molecule has 2 aromatic carbocycles. The summed E-state index contributed by atoms with van der Waals surface area (Å²) in [5.74, 6) is 1.75. The van der Waals surface area contributed by atoms with Gasteiger partial charge in [0.15, 0.2) is 7.28 Å². The van der Waals surface area contributed by atoms with Crippen molar-refractivity contribution in [2.75, 3.05) is 14.2 Å². The Balaban J connectivity index is 2.35. The topological polar surface area (TPSA) is 18.5 Å². The van der Waals surface area contributed by atoms with Crippen molar-refractivity contribution in [3.8, 4) is 11.5 Å². The SMILES string of the molecule is CBc1c(OC)cc(/C=C/c2ccccc2)cc1OC. The highest BCUT2D eigenvalue weighted by molar-refractivity contribution is 6.54. The second-order valence-electron chi connectivity index (χ2n) is 4.50. The first-order valence-corrected chi connectivity index (χ1v) is 6.76. The Labute approximate surface area is 121 Å². The molecule has 0 N–H and O–H groups in total. The summed E-state index contributed by atoms with van der Waals surface area (Å²) in [6, 6.07) is 14.3. The van der Waals surface area contributed by atoms with Gasteiger partial charge in [-0.3, -0.25) is 0 Å². The average molecular weight is 266 g/mol. The van der Waals surface area contributed by atoms with Gasteiger partial charge in [0.1, 0.15) is 11.5 Å². The van der Waals surface area contributed by atoms with E-state index in [9.17, 15) is 0 Å². The number of rotatable bonds is 5. The zero-order chi connectivity index (χ0) is 14.4. The van der Waals surface area contributed by atoms with E-state index in [1.165, 1.54) is 5.56 Å². The third-order valence-corrected chi connectivity index (χ3v) is 3.25. The fraction of sp³-hybridized carbons (Fsp3) is 0.176. The molecule has 0 amide bonds. The molecule has 20 heavy (non-hydrogen) atoms. The lowest BCUT2D eigenvalue weighted by molar-refractivity contribution is 0.400. The van der Waals surface area contributed by atoms with Crippen LogP contribution in [0.25, 0.3) is 12.2 Å². The van der Waals surface area contributed by atoms with E-state index >= 15 is 0 Å². The summed E-state index contributed by atoms with van der Waals surface area (Å²) in [4.78, 5) is 0. The van der Waals surface area contributed by atoms with Crippen molar-refractivity contribution in [1.29, 1.82) is 0 Å². The quantitative estimate of drug-likeness (QED) is 0.612. The molecule has 2 aromatic rings. The summed E-state index contributed by atoms with van der Waals surface area (Å²) in [5.41, 5.74) is 3.34. The van der Waals surface area contributed by atoms with Crippen molar-refractivity contribution in [3.05, 3.63) is 53.6 Å². The lowest BCUT2D eigenvalue weighted by atomic mass is 9.72. The Kier molecular flexibility index (Phi) is 4.88. The van der Waals surface area contributed by atoms with E-state index in [0.29, 0.717) is 0 Å². The fourth-order valence-corrected chi connectivity index (χ4v) is 2.21. The van der Waals surface area contributed by atoms with Gasteiger partial charge in [-0.1, -0.05) is 49.3 Å². The van der Waals surface area contributed by atoms with Crippen molar-refractivity contribution in [2.24, 2.45) is 0 Å². The van der Waals surface area contributed by atoms with E-state index in [1.54, 1.807) is 14.2 Å². The molecule has 102 valence electrons. The van der Waals surface area contributed by atoms with Crippen LogP contribution in [0.2, 0.25) is 6.82 Å². The van der Waals surface area contributed by atoms with Gasteiger partial charge in [-0.25, -0.2) is 0 Å². The van der Waals surface area contributed by atoms with Gasteiger partial charge in [0, 0.05) is 0 Å². The zero-order valence-corrected chi connectivity index (χ0v) is 12.2. The van der Waals surface area contributed by atoms with Crippen LogP contribution >= 0.6 is 0 Å². The normalized spacial score (nSPS) is 10.6. The molecular weight excluding hydrogens is 247 g/mol. The standard InChI is InChI=1S/C17H19BO2/c1-18-17-15(19-2)11-14(12-16(17)20-3)10-9-13-7-5-4-6-8-13/h4-12,18H,1-3H3/b10-9+. The van der Waals surface area contributed by atoms with Gasteiger partial charge < -0.3 is 9.47 Å². The second-order valence-corrected chi connectivity index (χ2v) is 4.50. The van der Waals surface area contributed by atoms with Gasteiger partial charge in [0.25, 0.3) is 0 Å². The van der Waals surface area contributed by atoms with Crippen molar-refractivity contribution in [2.45, 2.75) is 6.82 Å². The van der Waals surface area contributed by atoms with E-state index in [4.69, 9.17) is 9.47 Å². The van der Waals surface area contributed by atoms with Gasteiger partial charge in [0.2, 0.25) is 0 Å². The largest absolute Gasteiger partial charge is 0.497 e. The summed E-state index contributed by atoms with van der Waals surface area (Å²) < 4.78 is 10.9. The maximum atomic E-state index is 5.46. The van der Waals surface area contributed by atoms with Crippen LogP contribution in [-0.4, -0.2) is 21.5 Å². The molecule has 3 heteroatoms. The maximum absolute atomic E-state index is 5.46. The molecule has 0 aliphatic carbocycles. The van der Waals surface area contributed by atoms with Crippen LogP contribution in [0.3, 0.4) is 0 Å². The van der Waals surface area contributed by atoms with Gasteiger partial charge in [-0.05, 0) is 28.7 Å². The Morgan fingerprint density at radius 1 is 0.850 bits per heavy atom. The molecule has 0 saturated heterocycles. The fourth-order valence-electron chi connectivity index (χ4n) is 2.21. The first-order valence-electron chi connectivity index (χ1n) is 6.76. The van der Waals surface area contributed by atoms with Crippen LogP contribution in [-0.2, 0) is 0 Å². The molecule has 2 nitrogen and oxygen atoms in total. The summed E-state index contributed by atoms with van der Waals surface area (Å²) in [5, 5.41) is 0. The molecule has 0 heterocycles. The molecule has 0 bridgehead atoms. The van der Waals surface area contributed by atoms with Crippen molar-refractivity contribution >= 4 is 24.9 Å². The van der Waals surface area contributed by atoms with E-state index in [-0.39, 0.29) is 0 Å². The molecule has 0 spiro atoms. The molecular formula is C17H19BO2. The summed E-state index contributed by atoms with van der Waals surface area (Å²) in [7, 11) is 4.27. The third-order valence-electron chi connectivity index (χ3n) is 3.25. The van der Waals surface area contributed by atoms with Crippen LogP contribution in [0.5, 0.6) is 11.5 Å². The maximum Gasteiger partial charge on any atom is 0.164 e. The van der Waals surface area contributed by atoms with Crippen molar-refractivity contribution < 1.29 is 9.47 Å². The molecule has 0 aromatic heterocycles. The monoisotopic (exact) mass is 266 g/mol. The Bertz CT molecular complexity index is 566. The lowest BCUT2D eigenvalue weighted by Crippen LogP contribution is -2.17. The van der Waals surface area contributed by atoms with Gasteiger partial charge >= 0.3 is 0 Å². The van der Waals surface area contributed by atoms with Crippen LogP contribution in [0.4, 0.5) is 0 Å². The molecule has 0 aliphatic heterocycles. The Morgan fingerprint density at radius 2 is 1.40 bits per heavy atom. The number of benzene rings is 2. The van der Waals surface area contributed by atoms with Gasteiger partial charge in [-0.2, -0.15) is 0 Å². The average Bonchev–Trinajstić information content (AvgIpc) is 2.52. The van der Waals surface area contributed by atoms with E-state index < -0.39 is 0 Å². The predicted molar refractivity (Wildman–Crippen MR) is 87.6 cm³/mol. The number of methoxy groups -OCH3 is 2. The summed E-state index contributed by atoms with van der Waals surface area (Å²) in [6.45, 7) is 2.10. The predicted octanol–water partition coefficient (Wildman–Crippen LogP) is 2.98. The van der Waals surface area contributed by atoms with Crippen LogP contribution < -0.4 is 14.9 Å². The highest BCUT2D eigenvalue weighted by atomic mass is 16.5. The molecule has 0 radical (unpaired) electrons. The highest BCUT2D eigenvalue weighted by Crippen LogP contribution is 2.21. The summed E-state index contributed by atoms with van der Waals surface area (Å²) in [6.07, 6.45) is 4.15. The molecule has 0 fully saturated rings. The van der Waals surface area contributed by atoms with Crippen molar-refractivity contribution in [1.82, 2.24) is 0 Å². The molecule has 0 aliphatic rings. The molecule has 0 saturated carbocycles. The van der Waals surface area contributed by atoms with Crippen LogP contribution in [0.15, 0.2) is 42.5 Å². The van der Waals surface area contributed by atoms with E-state index in [1.807, 2.05) is 30.3 Å². The summed E-state index contributed by atoms with van der Waals surface area (Å²) >= 11 is 0. The second kappa shape index (κ2) is 6.85. The number of hydrogen-bond donors (Lipinski definition) is 0. The number of hydrogen-bond acceptors (Lipinski definition) is 2. The third kappa shape index (κ3) is 3.24. The first-order chi connectivity index (χ1) is 9.78. The molecule has 0 atom stereocenters. The molecule has 2 rings (SSSR count). The Morgan fingerprint density at radius 3 is 1.90 bits per heavy atom. The lowest BCUT2D eigenvalue weighted by Gasteiger charge is -2.12. The minimum atomic E-state index is 0.875. The Hall–Kier alpha value is -2.16. The first kappa shape index (κ1) is 14.3. The molecule has 0 unspecified atom stereocenters. The minimum absolute atomic E-state index is 0.875. The van der Waals surface area contributed by atoms with Crippen LogP contribution in [0, 0.1) is 0 Å². The number of ether oxygens (including phenoxy) is 2. The minimum Gasteiger partial charge on any atom is -0.497 e. The van der Waals surface area contributed by atoms with E-state index in [2.05, 4.69) is 31.1 Å². The van der Waals surface area contributed by atoms with Crippen LogP contribution in [0.1, 0.15) is 11.1 Å². The smallest absolute Gasteiger partial charge is 0.164 e. The van der Waals surface area contributed by atoms with E-state index in [0.717, 1.165) is 29.8 Å². The van der Waals surface area contributed by atoms with Crippen molar-refractivity contribution in [3.63, 3.8) is 0 Å².